The molecule has 0 unspecified atom stereocenters. The van der Waals surface area contributed by atoms with Gasteiger partial charge in [0.25, 0.3) is 0 Å². The fraction of sp³-hybridized carbons (Fsp3) is 0.375. The third-order valence-electron chi connectivity index (χ3n) is 1.12. The van der Waals surface area contributed by atoms with Crippen molar-refractivity contribution >= 4 is 6.09 Å². The lowest BCUT2D eigenvalue weighted by molar-refractivity contribution is 0.170. The monoisotopic (exact) mass is 155 g/mol. The molecule has 0 saturated heterocycles. The van der Waals surface area contributed by atoms with Gasteiger partial charge in [-0.3, -0.25) is 0 Å². The van der Waals surface area contributed by atoms with E-state index in [1.807, 2.05) is 19.1 Å². The van der Waals surface area contributed by atoms with Crippen LogP contribution in [0.3, 0.4) is 0 Å². The quantitative estimate of drug-likeness (QED) is 0.627. The van der Waals surface area contributed by atoms with E-state index in [2.05, 4.69) is 16.6 Å². The number of allylic oxidation sites excluding steroid dienone is 1. The number of carbonyl (C=O) groups excluding carboxylic acids is 1. The number of rotatable bonds is 3. The highest BCUT2D eigenvalue weighted by Gasteiger charge is 2.02. The van der Waals surface area contributed by atoms with E-state index in [4.69, 9.17) is 0 Å². The minimum atomic E-state index is -0.451. The number of hydrogen-bond donors (Lipinski definition) is 1. The average molecular weight is 155 g/mol. The summed E-state index contributed by atoms with van der Waals surface area (Å²) in [6, 6.07) is -0.146. The van der Waals surface area contributed by atoms with Gasteiger partial charge in [0.1, 0.15) is 0 Å². The maximum Gasteiger partial charge on any atom is 0.407 e. The summed E-state index contributed by atoms with van der Waals surface area (Å²) in [6.45, 7) is 5.42. The van der Waals surface area contributed by atoms with Gasteiger partial charge in [-0.05, 0) is 6.92 Å². The van der Waals surface area contributed by atoms with Gasteiger partial charge in [-0.2, -0.15) is 0 Å². The second-order valence-corrected chi connectivity index (χ2v) is 1.92. The zero-order valence-electron chi connectivity index (χ0n) is 6.83. The summed E-state index contributed by atoms with van der Waals surface area (Å²) in [5.41, 5.74) is 0. The largest absolute Gasteiger partial charge is 0.453 e. The molecule has 3 heteroatoms. The fourth-order valence-corrected chi connectivity index (χ4v) is 0.588. The molecule has 62 valence electrons. The first-order chi connectivity index (χ1) is 5.24. The molecule has 3 nitrogen and oxygen atoms in total. The lowest BCUT2D eigenvalue weighted by Gasteiger charge is -2.07. The second kappa shape index (κ2) is 5.53. The molecule has 0 aromatic carbocycles. The van der Waals surface area contributed by atoms with Crippen molar-refractivity contribution in [2.75, 3.05) is 7.11 Å². The Labute approximate surface area is 66.7 Å². The Balaban J connectivity index is 3.87. The Bertz CT molecular complexity index is 163. The van der Waals surface area contributed by atoms with E-state index >= 15 is 0 Å². The molecular formula is C8H13NO2. The molecule has 0 radical (unpaired) electrons. The van der Waals surface area contributed by atoms with Gasteiger partial charge in [-0.25, -0.2) is 4.79 Å². The van der Waals surface area contributed by atoms with Gasteiger partial charge in [0, 0.05) is 0 Å². The number of carbonyl (C=O) groups is 1. The van der Waals surface area contributed by atoms with Crippen LogP contribution in [0.1, 0.15) is 6.92 Å². The Morgan fingerprint density at radius 2 is 2.36 bits per heavy atom. The minimum absolute atomic E-state index is 0.146. The van der Waals surface area contributed by atoms with Crippen molar-refractivity contribution in [3.63, 3.8) is 0 Å². The van der Waals surface area contributed by atoms with E-state index in [1.54, 1.807) is 6.08 Å². The summed E-state index contributed by atoms with van der Waals surface area (Å²) in [6.07, 6.45) is 4.82. The molecule has 0 aliphatic heterocycles. The summed E-state index contributed by atoms with van der Waals surface area (Å²) in [7, 11) is 1.32. The molecule has 1 N–H and O–H groups in total. The first kappa shape index (κ1) is 9.75. The highest BCUT2D eigenvalue weighted by Crippen LogP contribution is 1.88. The molecule has 11 heavy (non-hydrogen) atoms. The normalized spacial score (nSPS) is 12.5. The smallest absolute Gasteiger partial charge is 0.407 e. The number of amides is 1. The summed E-state index contributed by atoms with van der Waals surface area (Å²) in [4.78, 5) is 10.6. The van der Waals surface area contributed by atoms with Gasteiger partial charge in [-0.1, -0.05) is 18.2 Å². The van der Waals surface area contributed by atoms with Crippen LogP contribution in [0.2, 0.25) is 0 Å². The molecule has 0 aromatic rings. The molecule has 0 heterocycles. The highest BCUT2D eigenvalue weighted by atomic mass is 16.5. The molecular weight excluding hydrogens is 142 g/mol. The molecule has 0 rings (SSSR count). The third-order valence-corrected chi connectivity index (χ3v) is 1.12. The van der Waals surface area contributed by atoms with E-state index in [1.165, 1.54) is 7.11 Å². The number of methoxy groups -OCH3 is 1. The van der Waals surface area contributed by atoms with E-state index < -0.39 is 6.09 Å². The molecule has 0 bridgehead atoms. The lowest BCUT2D eigenvalue weighted by Crippen LogP contribution is -2.31. The number of hydrogen-bond acceptors (Lipinski definition) is 2. The molecule has 0 spiro atoms. The van der Waals surface area contributed by atoms with E-state index in [0.29, 0.717) is 0 Å². The van der Waals surface area contributed by atoms with Gasteiger partial charge in [0.05, 0.1) is 13.2 Å². The summed E-state index contributed by atoms with van der Waals surface area (Å²) >= 11 is 0. The van der Waals surface area contributed by atoms with Gasteiger partial charge in [0.2, 0.25) is 0 Å². The van der Waals surface area contributed by atoms with E-state index in [0.717, 1.165) is 0 Å². The van der Waals surface area contributed by atoms with E-state index in [9.17, 15) is 4.79 Å². The molecule has 0 aliphatic rings. The van der Waals surface area contributed by atoms with Crippen LogP contribution in [0.4, 0.5) is 4.79 Å². The van der Waals surface area contributed by atoms with Crippen LogP contribution in [0.15, 0.2) is 24.8 Å². The Morgan fingerprint density at radius 1 is 1.73 bits per heavy atom. The summed E-state index contributed by atoms with van der Waals surface area (Å²) < 4.78 is 4.40. The van der Waals surface area contributed by atoms with Gasteiger partial charge >= 0.3 is 6.09 Å². The van der Waals surface area contributed by atoms with Crippen molar-refractivity contribution < 1.29 is 9.53 Å². The number of alkyl carbamates (subject to hydrolysis) is 1. The van der Waals surface area contributed by atoms with Crippen molar-refractivity contribution in [1.82, 2.24) is 5.32 Å². The maximum atomic E-state index is 10.6. The zero-order valence-corrected chi connectivity index (χ0v) is 6.83. The van der Waals surface area contributed by atoms with Gasteiger partial charge in [0.15, 0.2) is 0 Å². The standard InChI is InChI=1S/C8H13NO2/c1-4-6-7(5-2)9-8(10)11-3/h4-7H,2H2,1,3H3,(H,9,10)/b6-4+/t7-/m0/s1. The average Bonchev–Trinajstić information content (AvgIpc) is 2.03. The Kier molecular flexibility index (Phi) is 4.90. The molecule has 1 atom stereocenters. The zero-order chi connectivity index (χ0) is 8.69. The van der Waals surface area contributed by atoms with Crippen LogP contribution in [-0.4, -0.2) is 19.2 Å². The Morgan fingerprint density at radius 3 is 2.73 bits per heavy atom. The third kappa shape index (κ3) is 4.19. The van der Waals surface area contributed by atoms with E-state index in [-0.39, 0.29) is 6.04 Å². The molecule has 0 saturated carbocycles. The SMILES string of the molecule is C=C[C@@H](/C=C/C)NC(=O)OC. The molecule has 0 fully saturated rings. The highest BCUT2D eigenvalue weighted by molar-refractivity contribution is 5.68. The van der Waals surface area contributed by atoms with Crippen molar-refractivity contribution in [2.45, 2.75) is 13.0 Å². The van der Waals surface area contributed by atoms with Crippen molar-refractivity contribution in [3.05, 3.63) is 24.8 Å². The summed E-state index contributed by atoms with van der Waals surface area (Å²) in [5.74, 6) is 0. The first-order valence-corrected chi connectivity index (χ1v) is 3.34. The molecule has 0 aromatic heterocycles. The number of nitrogens with one attached hydrogen (secondary N) is 1. The summed E-state index contributed by atoms with van der Waals surface area (Å²) in [5, 5.41) is 2.55. The minimum Gasteiger partial charge on any atom is -0.453 e. The molecule has 0 aliphatic carbocycles. The van der Waals surface area contributed by atoms with Crippen LogP contribution in [0, 0.1) is 0 Å². The van der Waals surface area contributed by atoms with Gasteiger partial charge < -0.3 is 10.1 Å². The predicted molar refractivity (Wildman–Crippen MR) is 44.3 cm³/mol. The maximum absolute atomic E-state index is 10.6. The van der Waals surface area contributed by atoms with Crippen molar-refractivity contribution in [2.24, 2.45) is 0 Å². The van der Waals surface area contributed by atoms with Crippen LogP contribution in [0.25, 0.3) is 0 Å². The van der Waals surface area contributed by atoms with Crippen molar-refractivity contribution in [3.8, 4) is 0 Å². The second-order valence-electron chi connectivity index (χ2n) is 1.92. The van der Waals surface area contributed by atoms with Crippen LogP contribution < -0.4 is 5.32 Å². The first-order valence-electron chi connectivity index (χ1n) is 3.34. The molecule has 1 amide bonds. The fourth-order valence-electron chi connectivity index (χ4n) is 0.588. The predicted octanol–water partition coefficient (Wildman–Crippen LogP) is 1.47. The lowest BCUT2D eigenvalue weighted by atomic mass is 10.3. The Hall–Kier alpha value is -1.25. The van der Waals surface area contributed by atoms with Crippen molar-refractivity contribution in [1.29, 1.82) is 0 Å². The van der Waals surface area contributed by atoms with Crippen LogP contribution >= 0.6 is 0 Å². The van der Waals surface area contributed by atoms with Gasteiger partial charge in [-0.15, -0.1) is 6.58 Å². The number of ether oxygens (including phenoxy) is 1. The van der Waals surface area contributed by atoms with Crippen LogP contribution in [0.5, 0.6) is 0 Å². The van der Waals surface area contributed by atoms with Crippen LogP contribution in [-0.2, 0) is 4.74 Å². The topological polar surface area (TPSA) is 38.3 Å².